The van der Waals surface area contributed by atoms with Gasteiger partial charge in [-0.3, -0.25) is 19.5 Å². The zero-order valence-corrected chi connectivity index (χ0v) is 20.0. The van der Waals surface area contributed by atoms with E-state index in [1.54, 1.807) is 18.4 Å². The predicted molar refractivity (Wildman–Crippen MR) is 126 cm³/mol. The lowest BCUT2D eigenvalue weighted by Gasteiger charge is -2.52. The SMILES string of the molecule is CC1(C#N)CCN(C2(C)C(C(=O)N3CCN(C(=O)C4CC4)CC3)=CN=C3C=CC(F)=CC32)CC1. The molecule has 2 amide bonds. The second-order valence-electron chi connectivity index (χ2n) is 10.7. The number of carbonyl (C=O) groups excluding carboxylic acids is 2. The van der Waals surface area contributed by atoms with Crippen LogP contribution in [0.1, 0.15) is 39.5 Å². The highest BCUT2D eigenvalue weighted by molar-refractivity contribution is 6.06. The van der Waals surface area contributed by atoms with Crippen LogP contribution in [0.2, 0.25) is 0 Å². The first kappa shape index (κ1) is 23.0. The molecular weight excluding hydrogens is 433 g/mol. The van der Waals surface area contributed by atoms with Crippen LogP contribution in [-0.2, 0) is 9.59 Å². The highest BCUT2D eigenvalue weighted by Crippen LogP contribution is 2.44. The summed E-state index contributed by atoms with van der Waals surface area (Å²) in [5.41, 5.74) is 0.148. The Labute approximate surface area is 200 Å². The van der Waals surface area contributed by atoms with E-state index < -0.39 is 5.54 Å². The molecule has 5 rings (SSSR count). The molecule has 2 aliphatic carbocycles. The van der Waals surface area contributed by atoms with Crippen LogP contribution < -0.4 is 0 Å². The van der Waals surface area contributed by atoms with E-state index in [0.717, 1.165) is 18.6 Å². The first-order valence-electron chi connectivity index (χ1n) is 12.3. The molecule has 3 fully saturated rings. The van der Waals surface area contributed by atoms with E-state index in [4.69, 9.17) is 0 Å². The normalized spacial score (nSPS) is 31.1. The number of aliphatic imine (C=N–C) groups is 1. The summed E-state index contributed by atoms with van der Waals surface area (Å²) in [6.07, 6.45) is 9.69. The molecule has 8 heteroatoms. The predicted octanol–water partition coefficient (Wildman–Crippen LogP) is 2.83. The molecule has 2 unspecified atom stereocenters. The molecule has 0 bridgehead atoms. The number of carbonyl (C=O) groups is 2. The van der Waals surface area contributed by atoms with Gasteiger partial charge in [-0.1, -0.05) is 0 Å². The summed E-state index contributed by atoms with van der Waals surface area (Å²) in [6, 6.07) is 2.44. The fourth-order valence-electron chi connectivity index (χ4n) is 5.68. The zero-order valence-electron chi connectivity index (χ0n) is 20.0. The first-order valence-corrected chi connectivity index (χ1v) is 12.3. The van der Waals surface area contributed by atoms with Crippen molar-refractivity contribution < 1.29 is 14.0 Å². The molecule has 34 heavy (non-hydrogen) atoms. The molecule has 0 radical (unpaired) electrons. The number of likely N-dealkylation sites (tertiary alicyclic amines) is 1. The molecule has 5 aliphatic rings. The number of rotatable bonds is 3. The second kappa shape index (κ2) is 8.46. The minimum absolute atomic E-state index is 0.0965. The molecule has 3 heterocycles. The fraction of sp³-hybridized carbons (Fsp3) is 0.615. The molecule has 0 aromatic heterocycles. The van der Waals surface area contributed by atoms with E-state index in [0.29, 0.717) is 57.7 Å². The van der Waals surface area contributed by atoms with Gasteiger partial charge in [-0.15, -0.1) is 0 Å². The third kappa shape index (κ3) is 3.90. The van der Waals surface area contributed by atoms with Gasteiger partial charge >= 0.3 is 0 Å². The van der Waals surface area contributed by atoms with Gasteiger partial charge in [0.1, 0.15) is 5.83 Å². The number of hydrogen-bond acceptors (Lipinski definition) is 5. The summed E-state index contributed by atoms with van der Waals surface area (Å²) in [4.78, 5) is 36.8. The fourth-order valence-corrected chi connectivity index (χ4v) is 5.68. The van der Waals surface area contributed by atoms with Crippen molar-refractivity contribution in [2.24, 2.45) is 22.2 Å². The molecule has 2 atom stereocenters. The van der Waals surface area contributed by atoms with Crippen molar-refractivity contribution in [3.8, 4) is 6.07 Å². The van der Waals surface area contributed by atoms with Gasteiger partial charge in [0.05, 0.1) is 22.6 Å². The summed E-state index contributed by atoms with van der Waals surface area (Å²) >= 11 is 0. The van der Waals surface area contributed by atoms with Crippen LogP contribution in [0.15, 0.2) is 40.8 Å². The van der Waals surface area contributed by atoms with Crippen molar-refractivity contribution in [2.75, 3.05) is 39.3 Å². The molecule has 7 nitrogen and oxygen atoms in total. The summed E-state index contributed by atoms with van der Waals surface area (Å²) in [5.74, 6) is -0.411. The largest absolute Gasteiger partial charge is 0.339 e. The third-order valence-corrected chi connectivity index (χ3v) is 8.38. The van der Waals surface area contributed by atoms with Crippen LogP contribution in [0.25, 0.3) is 0 Å². The number of piperidine rings is 1. The Morgan fingerprint density at radius 1 is 1.06 bits per heavy atom. The summed E-state index contributed by atoms with van der Waals surface area (Å²) in [6.45, 7) is 7.37. The Balaban J connectivity index is 1.40. The number of halogens is 1. The van der Waals surface area contributed by atoms with Crippen LogP contribution in [0.5, 0.6) is 0 Å². The molecule has 0 aromatic carbocycles. The maximum atomic E-state index is 14.4. The third-order valence-electron chi connectivity index (χ3n) is 8.38. The number of nitrogens with zero attached hydrogens (tertiary/aromatic N) is 5. The lowest BCUT2D eigenvalue weighted by atomic mass is 9.70. The van der Waals surface area contributed by atoms with E-state index in [1.807, 2.05) is 23.6 Å². The van der Waals surface area contributed by atoms with Gasteiger partial charge < -0.3 is 9.80 Å². The maximum Gasteiger partial charge on any atom is 0.253 e. The van der Waals surface area contributed by atoms with Crippen LogP contribution in [0.3, 0.4) is 0 Å². The maximum absolute atomic E-state index is 14.4. The minimum atomic E-state index is -0.770. The number of allylic oxidation sites excluding steroid dienone is 3. The molecule has 0 aromatic rings. The first-order chi connectivity index (χ1) is 16.2. The molecule has 0 spiro atoms. The van der Waals surface area contributed by atoms with Gasteiger partial charge in [-0.2, -0.15) is 5.26 Å². The van der Waals surface area contributed by atoms with Gasteiger partial charge in [0.2, 0.25) is 5.91 Å². The Morgan fingerprint density at radius 2 is 1.71 bits per heavy atom. The quantitative estimate of drug-likeness (QED) is 0.642. The van der Waals surface area contributed by atoms with E-state index >= 15 is 0 Å². The smallest absolute Gasteiger partial charge is 0.253 e. The van der Waals surface area contributed by atoms with Crippen LogP contribution in [0, 0.1) is 28.6 Å². The van der Waals surface area contributed by atoms with E-state index in [2.05, 4.69) is 16.0 Å². The lowest BCUT2D eigenvalue weighted by Crippen LogP contribution is -2.62. The average molecular weight is 466 g/mol. The average Bonchev–Trinajstić information content (AvgIpc) is 3.70. The van der Waals surface area contributed by atoms with E-state index in [9.17, 15) is 19.2 Å². The number of amides is 2. The minimum Gasteiger partial charge on any atom is -0.339 e. The van der Waals surface area contributed by atoms with Crippen LogP contribution >= 0.6 is 0 Å². The lowest BCUT2D eigenvalue weighted by molar-refractivity contribution is -0.139. The van der Waals surface area contributed by atoms with Crippen LogP contribution in [0.4, 0.5) is 4.39 Å². The van der Waals surface area contributed by atoms with Gasteiger partial charge in [0.25, 0.3) is 5.91 Å². The van der Waals surface area contributed by atoms with Crippen molar-refractivity contribution in [3.63, 3.8) is 0 Å². The molecule has 2 saturated heterocycles. The standard InChI is InChI=1S/C26H32FN5O2/c1-25(17-28)7-9-32(10-8-25)26(2)20-15-19(27)5-6-22(20)29-16-21(26)24(34)31-13-11-30(12-14-31)23(33)18-3-4-18/h5-6,15-16,18,20H,3-4,7-14H2,1-2H3. The molecular formula is C26H32FN5O2. The van der Waals surface area contributed by atoms with E-state index in [1.165, 1.54) is 6.08 Å². The number of nitriles is 1. The topological polar surface area (TPSA) is 80.0 Å². The summed E-state index contributed by atoms with van der Waals surface area (Å²) in [7, 11) is 0. The second-order valence-corrected chi connectivity index (χ2v) is 10.7. The Kier molecular flexibility index (Phi) is 5.71. The Bertz CT molecular complexity index is 1050. The highest BCUT2D eigenvalue weighted by atomic mass is 19.1. The Morgan fingerprint density at radius 3 is 2.32 bits per heavy atom. The molecule has 0 N–H and O–H groups in total. The van der Waals surface area contributed by atoms with Crippen molar-refractivity contribution in [1.29, 1.82) is 5.26 Å². The number of hydrogen-bond donors (Lipinski definition) is 0. The van der Waals surface area contributed by atoms with Crippen molar-refractivity contribution in [2.45, 2.75) is 45.1 Å². The molecule has 1 saturated carbocycles. The van der Waals surface area contributed by atoms with Gasteiger partial charge in [0, 0.05) is 63.0 Å². The molecule has 3 aliphatic heterocycles. The highest BCUT2D eigenvalue weighted by Gasteiger charge is 2.51. The van der Waals surface area contributed by atoms with Crippen molar-refractivity contribution in [1.82, 2.24) is 14.7 Å². The summed E-state index contributed by atoms with van der Waals surface area (Å²) in [5, 5.41) is 9.59. The van der Waals surface area contributed by atoms with Gasteiger partial charge in [-0.05, 0) is 57.8 Å². The monoisotopic (exact) mass is 465 g/mol. The van der Waals surface area contributed by atoms with Gasteiger partial charge in [0.15, 0.2) is 0 Å². The van der Waals surface area contributed by atoms with E-state index in [-0.39, 0.29) is 34.9 Å². The zero-order chi connectivity index (χ0) is 24.1. The number of fused-ring (bicyclic) bond motifs is 1. The number of piperazine rings is 1. The van der Waals surface area contributed by atoms with Crippen LogP contribution in [-0.4, -0.2) is 77.0 Å². The Hall–Kier alpha value is -2.79. The summed E-state index contributed by atoms with van der Waals surface area (Å²) < 4.78 is 14.4. The van der Waals surface area contributed by atoms with Crippen molar-refractivity contribution >= 4 is 17.5 Å². The molecule has 180 valence electrons. The van der Waals surface area contributed by atoms with Gasteiger partial charge in [-0.25, -0.2) is 4.39 Å². The van der Waals surface area contributed by atoms with Crippen molar-refractivity contribution in [3.05, 3.63) is 35.8 Å².